The second-order valence-electron chi connectivity index (χ2n) is 13.2. The Hall–Kier alpha value is -2.52. The average Bonchev–Trinajstić information content (AvgIpc) is 3.36. The standard InChI is InChI=1S/C30H42ClN3O6/c1-17(32-28(37)40-29(2,3)4)26(35)34-12-7-8-22(34)27(36)33-13-11-23-18(16-33)14-21-25(38-23)20-15-19(31)9-10-24(20)39-30(21,5)6/h9-10,15,17-18,21-23,25H,7-8,11-14,16H2,1-6H3,(H,32,37)/t17-,18+,21-,22-,23-,25+/m0/s1. The summed E-state index contributed by atoms with van der Waals surface area (Å²) in [4.78, 5) is 42.8. The fourth-order valence-corrected chi connectivity index (χ4v) is 6.95. The smallest absolute Gasteiger partial charge is 0.408 e. The minimum Gasteiger partial charge on any atom is -0.487 e. The van der Waals surface area contributed by atoms with Crippen LogP contribution in [0.15, 0.2) is 18.2 Å². The van der Waals surface area contributed by atoms with E-state index in [0.29, 0.717) is 31.1 Å². The fourth-order valence-electron chi connectivity index (χ4n) is 6.77. The third kappa shape index (κ3) is 5.77. The predicted molar refractivity (Wildman–Crippen MR) is 150 cm³/mol. The molecule has 40 heavy (non-hydrogen) atoms. The second-order valence-corrected chi connectivity index (χ2v) is 13.7. The molecule has 3 fully saturated rings. The summed E-state index contributed by atoms with van der Waals surface area (Å²) in [7, 11) is 0. The summed E-state index contributed by atoms with van der Waals surface area (Å²) in [6.07, 6.45) is 2.30. The Bertz CT molecular complexity index is 1170. The summed E-state index contributed by atoms with van der Waals surface area (Å²) in [5.74, 6) is 0.842. The van der Waals surface area contributed by atoms with Gasteiger partial charge >= 0.3 is 6.09 Å². The van der Waals surface area contributed by atoms with Crippen LogP contribution >= 0.6 is 11.6 Å². The van der Waals surface area contributed by atoms with E-state index in [2.05, 4.69) is 19.2 Å². The Kier molecular flexibility index (Phi) is 7.76. The molecule has 0 aliphatic carbocycles. The fraction of sp³-hybridized carbons (Fsp3) is 0.700. The first-order valence-electron chi connectivity index (χ1n) is 14.5. The van der Waals surface area contributed by atoms with Crippen molar-refractivity contribution in [2.75, 3.05) is 19.6 Å². The van der Waals surface area contributed by atoms with Crippen LogP contribution in [0.1, 0.15) is 78.9 Å². The maximum absolute atomic E-state index is 13.8. The van der Waals surface area contributed by atoms with Crippen LogP contribution in [0, 0.1) is 11.8 Å². The minimum atomic E-state index is -0.789. The van der Waals surface area contributed by atoms with Crippen LogP contribution < -0.4 is 10.1 Å². The maximum atomic E-state index is 13.8. The van der Waals surface area contributed by atoms with Gasteiger partial charge in [-0.2, -0.15) is 0 Å². The van der Waals surface area contributed by atoms with E-state index in [1.54, 1.807) is 32.6 Å². The van der Waals surface area contributed by atoms with E-state index in [0.717, 1.165) is 30.6 Å². The molecule has 4 heterocycles. The number of rotatable bonds is 3. The Morgan fingerprint density at radius 1 is 1.18 bits per heavy atom. The van der Waals surface area contributed by atoms with E-state index in [9.17, 15) is 14.4 Å². The van der Waals surface area contributed by atoms with Gasteiger partial charge in [0.25, 0.3) is 0 Å². The van der Waals surface area contributed by atoms with Crippen LogP contribution in [0.2, 0.25) is 5.02 Å². The summed E-state index contributed by atoms with van der Waals surface area (Å²) >= 11 is 6.33. The molecule has 5 rings (SSSR count). The van der Waals surface area contributed by atoms with E-state index < -0.39 is 29.4 Å². The number of carbonyl (C=O) groups is 3. The van der Waals surface area contributed by atoms with Crippen molar-refractivity contribution in [1.82, 2.24) is 15.1 Å². The zero-order valence-electron chi connectivity index (χ0n) is 24.4. The molecule has 1 N–H and O–H groups in total. The molecule has 4 aliphatic heterocycles. The van der Waals surface area contributed by atoms with E-state index in [-0.39, 0.29) is 35.9 Å². The van der Waals surface area contributed by atoms with Crippen LogP contribution in [0.3, 0.4) is 0 Å². The van der Waals surface area contributed by atoms with Gasteiger partial charge in [0.15, 0.2) is 0 Å². The number of amides is 3. The molecule has 0 saturated carbocycles. The van der Waals surface area contributed by atoms with Gasteiger partial charge in [-0.3, -0.25) is 9.59 Å². The zero-order valence-corrected chi connectivity index (χ0v) is 25.1. The van der Waals surface area contributed by atoms with Crippen LogP contribution in [0.4, 0.5) is 4.79 Å². The van der Waals surface area contributed by atoms with Crippen molar-refractivity contribution in [3.8, 4) is 5.75 Å². The minimum absolute atomic E-state index is 0.0211. The monoisotopic (exact) mass is 575 g/mol. The third-order valence-corrected chi connectivity index (χ3v) is 8.92. The van der Waals surface area contributed by atoms with Crippen molar-refractivity contribution in [3.05, 3.63) is 28.8 Å². The molecule has 0 spiro atoms. The summed E-state index contributed by atoms with van der Waals surface area (Å²) in [6, 6.07) is 4.41. The molecule has 4 aliphatic rings. The highest BCUT2D eigenvalue weighted by atomic mass is 35.5. The number of nitrogens with one attached hydrogen (secondary N) is 1. The molecule has 0 aromatic heterocycles. The lowest BCUT2D eigenvalue weighted by atomic mass is 9.70. The first-order chi connectivity index (χ1) is 18.7. The molecule has 3 saturated heterocycles. The molecule has 1 aromatic carbocycles. The number of nitrogens with zero attached hydrogens (tertiary/aromatic N) is 2. The Labute approximate surface area is 241 Å². The predicted octanol–water partition coefficient (Wildman–Crippen LogP) is 4.71. The van der Waals surface area contributed by atoms with Gasteiger partial charge < -0.3 is 29.3 Å². The molecule has 6 atom stereocenters. The molecular weight excluding hydrogens is 534 g/mol. The van der Waals surface area contributed by atoms with E-state index >= 15 is 0 Å². The summed E-state index contributed by atoms with van der Waals surface area (Å²) in [6.45, 7) is 12.8. The van der Waals surface area contributed by atoms with Crippen molar-refractivity contribution in [1.29, 1.82) is 0 Å². The number of alkyl carbamates (subject to hydrolysis) is 1. The first kappa shape index (κ1) is 29.0. The summed E-state index contributed by atoms with van der Waals surface area (Å²) in [5.41, 5.74) is -0.0825. The van der Waals surface area contributed by atoms with Gasteiger partial charge in [-0.05, 0) is 85.4 Å². The highest BCUT2D eigenvalue weighted by Crippen LogP contribution is 2.53. The lowest BCUT2D eigenvalue weighted by molar-refractivity contribution is -0.189. The van der Waals surface area contributed by atoms with Crippen molar-refractivity contribution in [2.45, 2.75) is 103 Å². The number of benzene rings is 1. The second kappa shape index (κ2) is 10.7. The van der Waals surface area contributed by atoms with Crippen molar-refractivity contribution >= 4 is 29.5 Å². The van der Waals surface area contributed by atoms with Crippen LogP contribution in [-0.2, 0) is 19.1 Å². The Morgan fingerprint density at radius 2 is 1.93 bits per heavy atom. The summed E-state index contributed by atoms with van der Waals surface area (Å²) in [5, 5.41) is 3.29. The highest BCUT2D eigenvalue weighted by molar-refractivity contribution is 6.30. The maximum Gasteiger partial charge on any atom is 0.408 e. The molecule has 10 heteroatoms. The van der Waals surface area contributed by atoms with Crippen molar-refractivity contribution < 1.29 is 28.6 Å². The molecule has 0 radical (unpaired) electrons. The number of piperidine rings is 1. The topological polar surface area (TPSA) is 97.4 Å². The van der Waals surface area contributed by atoms with Gasteiger partial charge in [0.1, 0.15) is 29.0 Å². The van der Waals surface area contributed by atoms with E-state index in [1.807, 2.05) is 23.1 Å². The average molecular weight is 576 g/mol. The number of hydrogen-bond acceptors (Lipinski definition) is 6. The number of likely N-dealkylation sites (tertiary alicyclic amines) is 2. The number of fused-ring (bicyclic) bond motifs is 4. The molecule has 0 unspecified atom stereocenters. The first-order valence-corrected chi connectivity index (χ1v) is 14.8. The van der Waals surface area contributed by atoms with Gasteiger partial charge in [-0.25, -0.2) is 4.79 Å². The molecule has 220 valence electrons. The van der Waals surface area contributed by atoms with E-state index in [1.165, 1.54) is 0 Å². The number of hydrogen-bond donors (Lipinski definition) is 1. The lowest BCUT2D eigenvalue weighted by Gasteiger charge is -2.53. The number of carbonyl (C=O) groups excluding carboxylic acids is 3. The lowest BCUT2D eigenvalue weighted by Crippen LogP contribution is -2.58. The zero-order chi connectivity index (χ0) is 29.0. The van der Waals surface area contributed by atoms with Crippen molar-refractivity contribution in [3.63, 3.8) is 0 Å². The molecule has 1 aromatic rings. The Balaban J connectivity index is 1.24. The quantitative estimate of drug-likeness (QED) is 0.561. The van der Waals surface area contributed by atoms with Crippen LogP contribution in [-0.4, -0.2) is 76.7 Å². The molecule has 3 amide bonds. The SMILES string of the molecule is C[C@H](NC(=O)OC(C)(C)C)C(=O)N1CCC[C@H]1C(=O)N1CC[C@@H]2O[C@@H]3c4cc(Cl)ccc4OC(C)(C)[C@H]3C[C@@H]2C1. The Morgan fingerprint density at radius 3 is 2.65 bits per heavy atom. The van der Waals surface area contributed by atoms with Gasteiger partial charge in [0, 0.05) is 42.1 Å². The largest absolute Gasteiger partial charge is 0.487 e. The number of halogens is 1. The summed E-state index contributed by atoms with van der Waals surface area (Å²) < 4.78 is 18.4. The third-order valence-electron chi connectivity index (χ3n) is 8.69. The molecular formula is C30H42ClN3O6. The van der Waals surface area contributed by atoms with Crippen molar-refractivity contribution in [2.24, 2.45) is 11.8 Å². The van der Waals surface area contributed by atoms with Gasteiger partial charge in [0.05, 0.1) is 12.2 Å². The molecule has 9 nitrogen and oxygen atoms in total. The highest BCUT2D eigenvalue weighted by Gasteiger charge is 2.52. The number of ether oxygens (including phenoxy) is 3. The van der Waals surface area contributed by atoms with E-state index in [4.69, 9.17) is 25.8 Å². The van der Waals surface area contributed by atoms with Crippen LogP contribution in [0.5, 0.6) is 5.75 Å². The van der Waals surface area contributed by atoms with Gasteiger partial charge in [-0.1, -0.05) is 11.6 Å². The van der Waals surface area contributed by atoms with Crippen LogP contribution in [0.25, 0.3) is 0 Å². The van der Waals surface area contributed by atoms with Gasteiger partial charge in [0.2, 0.25) is 11.8 Å². The van der Waals surface area contributed by atoms with Gasteiger partial charge in [-0.15, -0.1) is 0 Å². The normalized spacial score (nSPS) is 29.8. The molecule has 0 bridgehead atoms.